The van der Waals surface area contributed by atoms with Gasteiger partial charge in [0.25, 0.3) is 10.0 Å². The topological polar surface area (TPSA) is 92.7 Å². The number of rotatable bonds is 7. The Kier molecular flexibility index (Phi) is 6.88. The minimum atomic E-state index is -4.25. The molecule has 6 nitrogen and oxygen atoms in total. The first-order chi connectivity index (χ1) is 16.3. The summed E-state index contributed by atoms with van der Waals surface area (Å²) in [5.41, 5.74) is 2.09. The Hall–Kier alpha value is -3.39. The standard InChI is InChI=1S/C26H26FNO5S/c1-33-24-16-21(26(29)30)11-13-23(24)28-34(31,32)25-14-12-20(15-22(25)27)19-9-7-18(8-10-19)17-5-3-2-4-6-17/h2-6,11-16,18-19,28H,7-10H2,1H3,(H,29,30). The number of benzene rings is 3. The molecule has 1 aliphatic rings. The number of carboxylic acid groups (broad SMARTS) is 1. The van der Waals surface area contributed by atoms with Crippen LogP contribution in [-0.4, -0.2) is 26.6 Å². The number of aromatic carboxylic acids is 1. The lowest BCUT2D eigenvalue weighted by Gasteiger charge is -2.29. The number of ether oxygens (including phenoxy) is 1. The number of hydrogen-bond donors (Lipinski definition) is 2. The first-order valence-corrected chi connectivity index (χ1v) is 12.6. The maximum absolute atomic E-state index is 15.0. The van der Waals surface area contributed by atoms with E-state index < -0.39 is 26.7 Å². The summed E-state index contributed by atoms with van der Waals surface area (Å²) in [4.78, 5) is 10.7. The highest BCUT2D eigenvalue weighted by molar-refractivity contribution is 7.92. The summed E-state index contributed by atoms with van der Waals surface area (Å²) in [6, 6.07) is 18.4. The van der Waals surface area contributed by atoms with Crippen LogP contribution in [0.4, 0.5) is 10.1 Å². The highest BCUT2D eigenvalue weighted by Gasteiger charge is 2.26. The highest BCUT2D eigenvalue weighted by atomic mass is 32.2. The van der Waals surface area contributed by atoms with Crippen LogP contribution < -0.4 is 9.46 Å². The summed E-state index contributed by atoms with van der Waals surface area (Å²) in [6.45, 7) is 0. The predicted molar refractivity (Wildman–Crippen MR) is 128 cm³/mol. The molecule has 34 heavy (non-hydrogen) atoms. The maximum atomic E-state index is 15.0. The summed E-state index contributed by atoms with van der Waals surface area (Å²) in [7, 11) is -2.96. The van der Waals surface area contributed by atoms with Crippen LogP contribution in [0.5, 0.6) is 5.75 Å². The number of methoxy groups -OCH3 is 1. The normalized spacial score (nSPS) is 18.3. The summed E-state index contributed by atoms with van der Waals surface area (Å²) in [5.74, 6) is -1.30. The average molecular weight is 484 g/mol. The summed E-state index contributed by atoms with van der Waals surface area (Å²) < 4.78 is 48.1. The molecule has 0 aromatic heterocycles. The highest BCUT2D eigenvalue weighted by Crippen LogP contribution is 2.41. The van der Waals surface area contributed by atoms with Crippen molar-refractivity contribution in [2.24, 2.45) is 0 Å². The number of anilines is 1. The van der Waals surface area contributed by atoms with Gasteiger partial charge in [-0.1, -0.05) is 36.4 Å². The second kappa shape index (κ2) is 9.85. The van der Waals surface area contributed by atoms with Gasteiger partial charge in [-0.05, 0) is 79.0 Å². The average Bonchev–Trinajstić information content (AvgIpc) is 2.84. The fraction of sp³-hybridized carbons (Fsp3) is 0.269. The van der Waals surface area contributed by atoms with E-state index >= 15 is 0 Å². The van der Waals surface area contributed by atoms with Crippen molar-refractivity contribution in [1.82, 2.24) is 0 Å². The van der Waals surface area contributed by atoms with Crippen LogP contribution in [0, 0.1) is 5.82 Å². The van der Waals surface area contributed by atoms with Crippen molar-refractivity contribution in [2.75, 3.05) is 11.8 Å². The van der Waals surface area contributed by atoms with Gasteiger partial charge >= 0.3 is 5.97 Å². The lowest BCUT2D eigenvalue weighted by molar-refractivity contribution is 0.0696. The van der Waals surface area contributed by atoms with Crippen molar-refractivity contribution in [2.45, 2.75) is 42.4 Å². The molecule has 3 aromatic carbocycles. The van der Waals surface area contributed by atoms with E-state index in [1.54, 1.807) is 6.07 Å². The fourth-order valence-electron chi connectivity index (χ4n) is 4.58. The van der Waals surface area contributed by atoms with Crippen LogP contribution in [-0.2, 0) is 10.0 Å². The van der Waals surface area contributed by atoms with Gasteiger partial charge in [-0.2, -0.15) is 0 Å². The minimum Gasteiger partial charge on any atom is -0.495 e. The van der Waals surface area contributed by atoms with E-state index in [4.69, 9.17) is 9.84 Å². The van der Waals surface area contributed by atoms with Crippen LogP contribution in [0.15, 0.2) is 71.6 Å². The molecule has 0 radical (unpaired) electrons. The van der Waals surface area contributed by atoms with Crippen LogP contribution in [0.3, 0.4) is 0 Å². The molecule has 8 heteroatoms. The number of carbonyl (C=O) groups is 1. The molecule has 0 unspecified atom stereocenters. The van der Waals surface area contributed by atoms with Gasteiger partial charge in [0.2, 0.25) is 0 Å². The molecule has 1 aliphatic carbocycles. The number of halogens is 1. The summed E-state index contributed by atoms with van der Waals surface area (Å²) in [6.07, 6.45) is 3.83. The molecular weight excluding hydrogens is 457 g/mol. The van der Waals surface area contributed by atoms with Gasteiger partial charge in [0.1, 0.15) is 16.5 Å². The van der Waals surface area contributed by atoms with E-state index in [1.165, 1.54) is 43.0 Å². The van der Waals surface area contributed by atoms with Crippen LogP contribution in [0.25, 0.3) is 0 Å². The largest absolute Gasteiger partial charge is 0.495 e. The molecule has 4 rings (SSSR count). The smallest absolute Gasteiger partial charge is 0.335 e. The minimum absolute atomic E-state index is 0.0233. The molecule has 0 aliphatic heterocycles. The van der Waals surface area contributed by atoms with Gasteiger partial charge in [-0.25, -0.2) is 17.6 Å². The zero-order chi connectivity index (χ0) is 24.3. The van der Waals surface area contributed by atoms with Crippen molar-refractivity contribution >= 4 is 21.7 Å². The van der Waals surface area contributed by atoms with Crippen LogP contribution in [0.1, 0.15) is 59.0 Å². The third-order valence-electron chi connectivity index (χ3n) is 6.41. The second-order valence-electron chi connectivity index (χ2n) is 8.47. The number of nitrogens with one attached hydrogen (secondary N) is 1. The lowest BCUT2D eigenvalue weighted by Crippen LogP contribution is -2.16. The van der Waals surface area contributed by atoms with Crippen LogP contribution in [0.2, 0.25) is 0 Å². The van der Waals surface area contributed by atoms with Crippen molar-refractivity contribution in [3.63, 3.8) is 0 Å². The molecule has 0 spiro atoms. The van der Waals surface area contributed by atoms with Gasteiger partial charge in [-0.3, -0.25) is 4.72 Å². The summed E-state index contributed by atoms with van der Waals surface area (Å²) >= 11 is 0. The van der Waals surface area contributed by atoms with E-state index in [0.29, 0.717) is 5.92 Å². The Labute approximate surface area is 198 Å². The molecule has 3 aromatic rings. The van der Waals surface area contributed by atoms with Gasteiger partial charge in [0.15, 0.2) is 0 Å². The third kappa shape index (κ3) is 5.07. The Balaban J connectivity index is 1.49. The number of sulfonamides is 1. The quantitative estimate of drug-likeness (QED) is 0.445. The fourth-order valence-corrected chi connectivity index (χ4v) is 5.71. The Bertz CT molecular complexity index is 1290. The molecule has 0 amide bonds. The number of hydrogen-bond acceptors (Lipinski definition) is 4. The predicted octanol–water partition coefficient (Wildman–Crippen LogP) is 5.77. The van der Waals surface area contributed by atoms with Gasteiger partial charge < -0.3 is 9.84 Å². The molecule has 0 saturated heterocycles. The Morgan fingerprint density at radius 2 is 1.59 bits per heavy atom. The molecule has 1 fully saturated rings. The van der Waals surface area contributed by atoms with Crippen molar-refractivity contribution in [3.8, 4) is 5.75 Å². The molecule has 0 heterocycles. The molecule has 0 atom stereocenters. The van der Waals surface area contributed by atoms with E-state index in [0.717, 1.165) is 31.2 Å². The molecule has 178 valence electrons. The van der Waals surface area contributed by atoms with E-state index in [-0.39, 0.29) is 22.9 Å². The molecule has 0 bridgehead atoms. The second-order valence-corrected chi connectivity index (χ2v) is 10.1. The Morgan fingerprint density at radius 3 is 2.18 bits per heavy atom. The lowest BCUT2D eigenvalue weighted by atomic mass is 9.76. The van der Waals surface area contributed by atoms with E-state index in [1.807, 2.05) is 18.2 Å². The van der Waals surface area contributed by atoms with Crippen molar-refractivity contribution < 1.29 is 27.4 Å². The first-order valence-electron chi connectivity index (χ1n) is 11.1. The SMILES string of the molecule is COc1cc(C(=O)O)ccc1NS(=O)(=O)c1ccc(C2CCC(c3ccccc3)CC2)cc1F. The van der Waals surface area contributed by atoms with Crippen LogP contribution >= 0.6 is 0 Å². The van der Waals surface area contributed by atoms with Crippen molar-refractivity contribution in [1.29, 1.82) is 0 Å². The van der Waals surface area contributed by atoms with Crippen molar-refractivity contribution in [3.05, 3.63) is 89.2 Å². The third-order valence-corrected chi connectivity index (χ3v) is 7.81. The molecule has 1 saturated carbocycles. The summed E-state index contributed by atoms with van der Waals surface area (Å²) in [5, 5.41) is 9.10. The van der Waals surface area contributed by atoms with Gasteiger partial charge in [0, 0.05) is 0 Å². The first kappa shape index (κ1) is 23.8. The number of carboxylic acids is 1. The zero-order valence-corrected chi connectivity index (χ0v) is 19.5. The van der Waals surface area contributed by atoms with Gasteiger partial charge in [0.05, 0.1) is 18.4 Å². The zero-order valence-electron chi connectivity index (χ0n) is 18.7. The van der Waals surface area contributed by atoms with E-state index in [2.05, 4.69) is 16.9 Å². The maximum Gasteiger partial charge on any atom is 0.335 e. The monoisotopic (exact) mass is 483 g/mol. The van der Waals surface area contributed by atoms with E-state index in [9.17, 15) is 17.6 Å². The van der Waals surface area contributed by atoms with Gasteiger partial charge in [-0.15, -0.1) is 0 Å². The Morgan fingerprint density at radius 1 is 0.941 bits per heavy atom. The molecular formula is C26H26FNO5S. The molecule has 2 N–H and O–H groups in total.